The molecule has 0 amide bonds. The van der Waals surface area contributed by atoms with Gasteiger partial charge in [0.2, 0.25) is 6.10 Å². The number of ether oxygens (including phenoxy) is 2. The molecule has 4 nitrogen and oxygen atoms in total. The van der Waals surface area contributed by atoms with Crippen LogP contribution < -0.4 is 4.74 Å². The Hall–Kier alpha value is -1.62. The first-order chi connectivity index (χ1) is 8.17. The second-order valence-corrected chi connectivity index (χ2v) is 3.92. The van der Waals surface area contributed by atoms with Crippen molar-refractivity contribution in [1.82, 2.24) is 0 Å². The van der Waals surface area contributed by atoms with E-state index < -0.39 is 18.0 Å². The van der Waals surface area contributed by atoms with Crippen LogP contribution in [0.3, 0.4) is 0 Å². The van der Waals surface area contributed by atoms with E-state index in [9.17, 15) is 14.3 Å². The Bertz CT molecular complexity index is 433. The van der Waals surface area contributed by atoms with Crippen molar-refractivity contribution >= 4 is 5.97 Å². The van der Waals surface area contributed by atoms with Crippen molar-refractivity contribution in [2.75, 3.05) is 13.7 Å². The number of halogens is 1. The highest BCUT2D eigenvalue weighted by atomic mass is 19.1. The lowest BCUT2D eigenvalue weighted by Crippen LogP contribution is -2.42. The molecule has 0 radical (unpaired) electrons. The zero-order chi connectivity index (χ0) is 12.4. The molecule has 1 aromatic rings. The van der Waals surface area contributed by atoms with Gasteiger partial charge in [0.25, 0.3) is 0 Å². The Balaban J connectivity index is 2.33. The standard InChI is InChI=1S/C12H13FO4/c1-16-12(15)11-7(6-14)5-8-9(13)3-2-4-10(8)17-11/h2-4,7,11,14H,5-6H2,1H3. The lowest BCUT2D eigenvalue weighted by Gasteiger charge is -2.30. The molecule has 0 aromatic heterocycles. The summed E-state index contributed by atoms with van der Waals surface area (Å²) in [5, 5.41) is 9.21. The Morgan fingerprint density at radius 2 is 2.41 bits per heavy atom. The molecular weight excluding hydrogens is 227 g/mol. The summed E-state index contributed by atoms with van der Waals surface area (Å²) in [4.78, 5) is 11.5. The van der Waals surface area contributed by atoms with Gasteiger partial charge in [-0.05, 0) is 18.6 Å². The number of methoxy groups -OCH3 is 1. The van der Waals surface area contributed by atoms with Gasteiger partial charge in [-0.1, -0.05) is 6.07 Å². The molecule has 17 heavy (non-hydrogen) atoms. The van der Waals surface area contributed by atoms with Gasteiger partial charge in [-0.25, -0.2) is 9.18 Å². The van der Waals surface area contributed by atoms with Gasteiger partial charge in [0, 0.05) is 11.5 Å². The number of carbonyl (C=O) groups excluding carboxylic acids is 1. The van der Waals surface area contributed by atoms with E-state index in [1.807, 2.05) is 0 Å². The van der Waals surface area contributed by atoms with E-state index in [-0.39, 0.29) is 18.8 Å². The highest BCUT2D eigenvalue weighted by Gasteiger charge is 2.36. The summed E-state index contributed by atoms with van der Waals surface area (Å²) in [5.74, 6) is -1.08. The predicted octanol–water partition coefficient (Wildman–Crippen LogP) is 0.911. The number of fused-ring (bicyclic) bond motifs is 1. The highest BCUT2D eigenvalue weighted by molar-refractivity contribution is 5.76. The number of aliphatic hydroxyl groups excluding tert-OH is 1. The average molecular weight is 240 g/mol. The number of benzene rings is 1. The molecule has 0 fully saturated rings. The van der Waals surface area contributed by atoms with Crippen LogP contribution in [0, 0.1) is 11.7 Å². The first-order valence-corrected chi connectivity index (χ1v) is 5.30. The van der Waals surface area contributed by atoms with Gasteiger partial charge in [-0.3, -0.25) is 0 Å². The molecule has 1 aromatic carbocycles. The van der Waals surface area contributed by atoms with Gasteiger partial charge in [-0.2, -0.15) is 0 Å². The van der Waals surface area contributed by atoms with Gasteiger partial charge in [0.1, 0.15) is 11.6 Å². The van der Waals surface area contributed by atoms with E-state index in [1.165, 1.54) is 19.2 Å². The minimum absolute atomic E-state index is 0.256. The zero-order valence-corrected chi connectivity index (χ0v) is 9.35. The zero-order valence-electron chi connectivity index (χ0n) is 9.35. The minimum Gasteiger partial charge on any atom is -0.478 e. The maximum Gasteiger partial charge on any atom is 0.347 e. The first-order valence-electron chi connectivity index (χ1n) is 5.30. The average Bonchev–Trinajstić information content (AvgIpc) is 2.37. The number of rotatable bonds is 2. The van der Waals surface area contributed by atoms with E-state index in [4.69, 9.17) is 4.74 Å². The topological polar surface area (TPSA) is 55.8 Å². The van der Waals surface area contributed by atoms with Crippen LogP contribution in [0.1, 0.15) is 5.56 Å². The molecule has 2 atom stereocenters. The van der Waals surface area contributed by atoms with Crippen molar-refractivity contribution in [3.8, 4) is 5.75 Å². The summed E-state index contributed by atoms with van der Waals surface area (Å²) in [7, 11) is 1.25. The van der Waals surface area contributed by atoms with Crippen molar-refractivity contribution in [2.45, 2.75) is 12.5 Å². The summed E-state index contributed by atoms with van der Waals surface area (Å²) in [5.41, 5.74) is 0.395. The van der Waals surface area contributed by atoms with Crippen LogP contribution in [0.15, 0.2) is 18.2 Å². The fraction of sp³-hybridized carbons (Fsp3) is 0.417. The predicted molar refractivity (Wildman–Crippen MR) is 57.1 cm³/mol. The summed E-state index contributed by atoms with van der Waals surface area (Å²) in [6.45, 7) is -0.256. The van der Waals surface area contributed by atoms with E-state index in [2.05, 4.69) is 4.74 Å². The van der Waals surface area contributed by atoms with Gasteiger partial charge in [0.05, 0.1) is 13.7 Å². The molecule has 1 aliphatic rings. The third-order valence-electron chi connectivity index (χ3n) is 2.89. The van der Waals surface area contributed by atoms with Crippen molar-refractivity contribution in [3.63, 3.8) is 0 Å². The molecule has 5 heteroatoms. The summed E-state index contributed by atoms with van der Waals surface area (Å²) in [6, 6.07) is 4.44. The van der Waals surface area contributed by atoms with Gasteiger partial charge >= 0.3 is 5.97 Å². The minimum atomic E-state index is -0.876. The maximum absolute atomic E-state index is 13.5. The number of hydrogen-bond acceptors (Lipinski definition) is 4. The summed E-state index contributed by atoms with van der Waals surface area (Å²) in [6.07, 6.45) is -0.613. The molecule has 0 bridgehead atoms. The van der Waals surface area contributed by atoms with Gasteiger partial charge < -0.3 is 14.6 Å². The Morgan fingerprint density at radius 3 is 3.06 bits per heavy atom. The molecule has 0 saturated heterocycles. The monoisotopic (exact) mass is 240 g/mol. The molecule has 1 aliphatic heterocycles. The number of esters is 1. The van der Waals surface area contributed by atoms with E-state index in [1.54, 1.807) is 6.07 Å². The van der Waals surface area contributed by atoms with Crippen molar-refractivity contribution < 1.29 is 23.8 Å². The smallest absolute Gasteiger partial charge is 0.347 e. The Labute approximate surface area is 98.0 Å². The summed E-state index contributed by atoms with van der Waals surface area (Å²) < 4.78 is 23.5. The lowest BCUT2D eigenvalue weighted by atomic mass is 9.91. The lowest BCUT2D eigenvalue weighted by molar-refractivity contribution is -0.153. The first kappa shape index (κ1) is 11.9. The number of aliphatic hydroxyl groups is 1. The van der Waals surface area contributed by atoms with Crippen LogP contribution in [-0.2, 0) is 16.0 Å². The van der Waals surface area contributed by atoms with E-state index >= 15 is 0 Å². The van der Waals surface area contributed by atoms with Crippen LogP contribution >= 0.6 is 0 Å². The summed E-state index contributed by atoms with van der Waals surface area (Å²) >= 11 is 0. The normalized spacial score (nSPS) is 22.5. The van der Waals surface area contributed by atoms with Crippen LogP contribution in [0.5, 0.6) is 5.75 Å². The van der Waals surface area contributed by atoms with Crippen LogP contribution in [0.25, 0.3) is 0 Å². The molecule has 0 spiro atoms. The Kier molecular flexibility index (Phi) is 3.28. The molecule has 0 saturated carbocycles. The SMILES string of the molecule is COC(=O)C1Oc2cccc(F)c2CC1CO. The fourth-order valence-corrected chi connectivity index (χ4v) is 1.97. The fourth-order valence-electron chi connectivity index (χ4n) is 1.97. The van der Waals surface area contributed by atoms with Crippen molar-refractivity contribution in [1.29, 1.82) is 0 Å². The van der Waals surface area contributed by atoms with Crippen LogP contribution in [-0.4, -0.2) is 30.9 Å². The highest BCUT2D eigenvalue weighted by Crippen LogP contribution is 2.32. The number of hydrogen-bond donors (Lipinski definition) is 1. The third-order valence-corrected chi connectivity index (χ3v) is 2.89. The van der Waals surface area contributed by atoms with Gasteiger partial charge in [-0.15, -0.1) is 0 Å². The second kappa shape index (κ2) is 4.71. The largest absolute Gasteiger partial charge is 0.478 e. The Morgan fingerprint density at radius 1 is 1.65 bits per heavy atom. The quantitative estimate of drug-likeness (QED) is 0.781. The molecule has 0 aliphatic carbocycles. The van der Waals surface area contributed by atoms with Crippen molar-refractivity contribution in [2.24, 2.45) is 5.92 Å². The van der Waals surface area contributed by atoms with E-state index in [0.29, 0.717) is 11.3 Å². The molecule has 2 unspecified atom stereocenters. The molecular formula is C12H13FO4. The molecule has 1 N–H and O–H groups in total. The maximum atomic E-state index is 13.5. The molecule has 1 heterocycles. The second-order valence-electron chi connectivity index (χ2n) is 3.92. The van der Waals surface area contributed by atoms with E-state index in [0.717, 1.165) is 0 Å². The van der Waals surface area contributed by atoms with Crippen molar-refractivity contribution in [3.05, 3.63) is 29.6 Å². The molecule has 2 rings (SSSR count). The van der Waals surface area contributed by atoms with Crippen LogP contribution in [0.4, 0.5) is 4.39 Å². The number of carbonyl (C=O) groups is 1. The van der Waals surface area contributed by atoms with Gasteiger partial charge in [0.15, 0.2) is 0 Å². The van der Waals surface area contributed by atoms with Crippen LogP contribution in [0.2, 0.25) is 0 Å². The third kappa shape index (κ3) is 2.10. The molecule has 92 valence electrons.